The van der Waals surface area contributed by atoms with Crippen molar-refractivity contribution in [2.24, 2.45) is 0 Å². The first kappa shape index (κ1) is 13.8. The summed E-state index contributed by atoms with van der Waals surface area (Å²) in [6.45, 7) is 1.92. The third kappa shape index (κ3) is 1.95. The van der Waals surface area contributed by atoms with Crippen LogP contribution >= 0.6 is 0 Å². The van der Waals surface area contributed by atoms with Crippen molar-refractivity contribution in [3.8, 4) is 0 Å². The third-order valence-corrected chi connectivity index (χ3v) is 6.50. The fourth-order valence-electron chi connectivity index (χ4n) is 3.22. The van der Waals surface area contributed by atoms with E-state index in [4.69, 9.17) is 0 Å². The summed E-state index contributed by atoms with van der Waals surface area (Å²) in [7, 11) is -3.58. The second-order valence-corrected chi connectivity index (χ2v) is 7.91. The largest absolute Gasteiger partial charge is 0.268 e. The predicted octanol–water partition coefficient (Wildman–Crippen LogP) is 2.14. The zero-order chi connectivity index (χ0) is 15.3. The minimum absolute atomic E-state index is 0.101. The van der Waals surface area contributed by atoms with Gasteiger partial charge >= 0.3 is 0 Å². The lowest BCUT2D eigenvalue weighted by Gasteiger charge is -2.26. The lowest BCUT2D eigenvalue weighted by molar-refractivity contribution is 0.289. The molecule has 1 unspecified atom stereocenters. The molecule has 4 rings (SSSR count). The van der Waals surface area contributed by atoms with E-state index in [2.05, 4.69) is 10.1 Å². The van der Waals surface area contributed by atoms with Crippen molar-refractivity contribution < 1.29 is 8.42 Å². The average molecular weight is 318 g/mol. The van der Waals surface area contributed by atoms with Crippen LogP contribution in [0.5, 0.6) is 0 Å². The summed E-state index contributed by atoms with van der Waals surface area (Å²) < 4.78 is 29.3. The molecule has 0 saturated heterocycles. The van der Waals surface area contributed by atoms with Crippen molar-refractivity contribution in [1.29, 1.82) is 0 Å². The van der Waals surface area contributed by atoms with E-state index in [1.54, 1.807) is 29.3 Å². The number of rotatable bonds is 3. The highest BCUT2D eigenvalue weighted by atomic mass is 32.2. The van der Waals surface area contributed by atoms with Gasteiger partial charge in [-0.25, -0.2) is 8.42 Å². The Balaban J connectivity index is 1.73. The summed E-state index contributed by atoms with van der Waals surface area (Å²) in [4.78, 5) is 4.36. The summed E-state index contributed by atoms with van der Waals surface area (Å²) >= 11 is 0. The van der Waals surface area contributed by atoms with Gasteiger partial charge in [0.05, 0.1) is 17.9 Å². The molecule has 0 spiro atoms. The highest BCUT2D eigenvalue weighted by Gasteiger charge is 2.37. The number of hydrogen-bond donors (Lipinski definition) is 0. The van der Waals surface area contributed by atoms with Crippen LogP contribution in [0, 0.1) is 0 Å². The molecule has 2 aliphatic rings. The Bertz CT molecular complexity index is 810. The number of anilines is 1. The van der Waals surface area contributed by atoms with E-state index in [1.807, 2.05) is 6.92 Å². The number of sulfonamides is 1. The van der Waals surface area contributed by atoms with Crippen molar-refractivity contribution in [2.75, 3.05) is 4.31 Å². The Hall–Kier alpha value is -1.89. The molecule has 116 valence electrons. The van der Waals surface area contributed by atoms with Crippen LogP contribution < -0.4 is 4.31 Å². The Morgan fingerprint density at radius 3 is 2.82 bits per heavy atom. The summed E-state index contributed by atoms with van der Waals surface area (Å²) in [5.41, 5.74) is 1.71. The van der Waals surface area contributed by atoms with Crippen LogP contribution in [0.15, 0.2) is 35.7 Å². The first-order valence-electron chi connectivity index (χ1n) is 7.59. The van der Waals surface area contributed by atoms with Gasteiger partial charge in [0.2, 0.25) is 0 Å². The van der Waals surface area contributed by atoms with Crippen molar-refractivity contribution in [3.63, 3.8) is 0 Å². The SMILES string of the molecule is CC1Cc2cnccc2N1S(=O)(=O)c1cnn(C2CCC2)c1. The molecule has 1 aliphatic heterocycles. The van der Waals surface area contributed by atoms with Crippen molar-refractivity contribution in [3.05, 3.63) is 36.4 Å². The standard InChI is InChI=1S/C15H18N4O2S/c1-11-7-12-8-16-6-5-15(12)19(11)22(20,21)14-9-17-18(10-14)13-3-2-4-13/h5-6,8-11,13H,2-4,7H2,1H3. The Labute approximate surface area is 129 Å². The molecule has 0 N–H and O–H groups in total. The molecule has 0 aromatic carbocycles. The zero-order valence-electron chi connectivity index (χ0n) is 12.4. The highest BCUT2D eigenvalue weighted by Crippen LogP contribution is 2.37. The lowest BCUT2D eigenvalue weighted by Crippen LogP contribution is -2.35. The zero-order valence-corrected chi connectivity index (χ0v) is 13.2. The second-order valence-electron chi connectivity index (χ2n) is 6.10. The molecule has 2 aromatic heterocycles. The van der Waals surface area contributed by atoms with Crippen molar-refractivity contribution >= 4 is 15.7 Å². The van der Waals surface area contributed by atoms with Crippen molar-refractivity contribution in [2.45, 2.75) is 49.6 Å². The van der Waals surface area contributed by atoms with Crippen molar-refractivity contribution in [1.82, 2.24) is 14.8 Å². The molecule has 7 heteroatoms. The van der Waals surface area contributed by atoms with E-state index in [-0.39, 0.29) is 10.9 Å². The van der Waals surface area contributed by atoms with Crippen LogP contribution in [0.25, 0.3) is 0 Å². The van der Waals surface area contributed by atoms with E-state index in [1.165, 1.54) is 16.9 Å². The molecule has 1 atom stereocenters. The molecule has 0 bridgehead atoms. The number of nitrogens with zero attached hydrogens (tertiary/aromatic N) is 4. The maximum absolute atomic E-state index is 13.0. The van der Waals surface area contributed by atoms with Gasteiger partial charge < -0.3 is 0 Å². The Morgan fingerprint density at radius 2 is 2.09 bits per heavy atom. The lowest BCUT2D eigenvalue weighted by atomic mass is 9.93. The first-order chi connectivity index (χ1) is 10.6. The topological polar surface area (TPSA) is 68.1 Å². The minimum Gasteiger partial charge on any atom is -0.268 e. The van der Waals surface area contributed by atoms with Gasteiger partial charge in [0.1, 0.15) is 4.90 Å². The third-order valence-electron chi connectivity index (χ3n) is 4.61. The summed E-state index contributed by atoms with van der Waals surface area (Å²) in [5, 5.41) is 4.26. The van der Waals surface area contributed by atoms with Gasteiger partial charge in [0, 0.05) is 24.6 Å². The molecule has 2 aromatic rings. The van der Waals surface area contributed by atoms with E-state index >= 15 is 0 Å². The van der Waals surface area contributed by atoms with E-state index in [0.717, 1.165) is 24.1 Å². The fourth-order valence-corrected chi connectivity index (χ4v) is 4.85. The quantitative estimate of drug-likeness (QED) is 0.869. The number of fused-ring (bicyclic) bond motifs is 1. The van der Waals surface area contributed by atoms with E-state index in [9.17, 15) is 8.42 Å². The molecule has 22 heavy (non-hydrogen) atoms. The maximum atomic E-state index is 13.0. The van der Waals surface area contributed by atoms with E-state index in [0.29, 0.717) is 12.5 Å². The van der Waals surface area contributed by atoms with Crippen LogP contribution in [0.1, 0.15) is 37.8 Å². The first-order valence-corrected chi connectivity index (χ1v) is 9.03. The van der Waals surface area contributed by atoms with Crippen LogP contribution in [0.2, 0.25) is 0 Å². The minimum atomic E-state index is -3.58. The molecule has 1 saturated carbocycles. The molecular formula is C15H18N4O2S. The maximum Gasteiger partial charge on any atom is 0.267 e. The number of hydrogen-bond acceptors (Lipinski definition) is 4. The average Bonchev–Trinajstić information content (AvgIpc) is 3.00. The van der Waals surface area contributed by atoms with E-state index < -0.39 is 10.0 Å². The van der Waals surface area contributed by atoms with Crippen LogP contribution in [-0.2, 0) is 16.4 Å². The van der Waals surface area contributed by atoms with Gasteiger partial charge in [0.25, 0.3) is 10.0 Å². The molecule has 0 amide bonds. The molecule has 1 aliphatic carbocycles. The molecule has 0 radical (unpaired) electrons. The monoisotopic (exact) mass is 318 g/mol. The summed E-state index contributed by atoms with van der Waals surface area (Å²) in [6.07, 6.45) is 10.6. The van der Waals surface area contributed by atoms with Gasteiger partial charge in [-0.3, -0.25) is 14.0 Å². The summed E-state index contributed by atoms with van der Waals surface area (Å²) in [6, 6.07) is 2.03. The Morgan fingerprint density at radius 1 is 1.27 bits per heavy atom. The van der Waals surface area contributed by atoms with Crippen LogP contribution in [0.4, 0.5) is 5.69 Å². The normalized spacial score (nSPS) is 21.7. The molecule has 1 fully saturated rings. The smallest absolute Gasteiger partial charge is 0.267 e. The predicted molar refractivity (Wildman–Crippen MR) is 82.2 cm³/mol. The number of pyridine rings is 1. The van der Waals surface area contributed by atoms with Gasteiger partial charge in [0.15, 0.2) is 0 Å². The van der Waals surface area contributed by atoms with Gasteiger partial charge in [-0.1, -0.05) is 0 Å². The second kappa shape index (κ2) is 4.81. The van der Waals surface area contributed by atoms with Gasteiger partial charge in [-0.15, -0.1) is 0 Å². The molecule has 6 nitrogen and oxygen atoms in total. The number of aromatic nitrogens is 3. The van der Waals surface area contributed by atoms with Crippen LogP contribution in [0.3, 0.4) is 0 Å². The summed E-state index contributed by atoms with van der Waals surface area (Å²) in [5.74, 6) is 0. The van der Waals surface area contributed by atoms with Gasteiger partial charge in [-0.05, 0) is 44.2 Å². The highest BCUT2D eigenvalue weighted by molar-refractivity contribution is 7.92. The van der Waals surface area contributed by atoms with Crippen LogP contribution in [-0.4, -0.2) is 29.2 Å². The molecule has 3 heterocycles. The fraction of sp³-hybridized carbons (Fsp3) is 0.467. The van der Waals surface area contributed by atoms with Gasteiger partial charge in [-0.2, -0.15) is 5.10 Å². The Kier molecular flexibility index (Phi) is 3.00. The molecular weight excluding hydrogens is 300 g/mol.